The second-order valence-corrected chi connectivity index (χ2v) is 4.68. The highest BCUT2D eigenvalue weighted by atomic mass is 35.5. The van der Waals surface area contributed by atoms with Crippen molar-refractivity contribution in [2.45, 2.75) is 6.04 Å². The fourth-order valence-electron chi connectivity index (χ4n) is 1.80. The Morgan fingerprint density at radius 2 is 1.71 bits per heavy atom. The van der Waals surface area contributed by atoms with Gasteiger partial charge in [0.2, 0.25) is 0 Å². The Morgan fingerprint density at radius 1 is 1.10 bits per heavy atom. The number of aliphatic carboxylic acids is 1. The first kappa shape index (κ1) is 15.0. The van der Waals surface area contributed by atoms with E-state index in [1.165, 1.54) is 24.3 Å². The standard InChI is InChI=1S/C15H11ClFNO3/c16-12-4-2-1-3-11(12)13(15(20)21)18-14(19)9-5-7-10(17)8-6-9/h1-8,13H,(H,18,19)(H,20,21)/t13-/m1/s1. The molecule has 6 heteroatoms. The number of carbonyl (C=O) groups excluding carboxylic acids is 1. The highest BCUT2D eigenvalue weighted by Crippen LogP contribution is 2.23. The maximum atomic E-state index is 12.8. The third kappa shape index (κ3) is 3.58. The monoisotopic (exact) mass is 307 g/mol. The van der Waals surface area contributed by atoms with Crippen LogP contribution >= 0.6 is 11.6 Å². The largest absolute Gasteiger partial charge is 0.479 e. The highest BCUT2D eigenvalue weighted by Gasteiger charge is 2.24. The van der Waals surface area contributed by atoms with E-state index in [2.05, 4.69) is 5.32 Å². The summed E-state index contributed by atoms with van der Waals surface area (Å²) in [5.41, 5.74) is 0.442. The number of nitrogens with one attached hydrogen (secondary N) is 1. The van der Waals surface area contributed by atoms with Gasteiger partial charge in [0, 0.05) is 16.1 Å². The van der Waals surface area contributed by atoms with Crippen LogP contribution in [0.5, 0.6) is 0 Å². The first-order chi connectivity index (χ1) is 9.99. The molecule has 0 radical (unpaired) electrons. The number of carboxylic acids is 1. The van der Waals surface area contributed by atoms with E-state index >= 15 is 0 Å². The predicted octanol–water partition coefficient (Wildman–Crippen LogP) is 3.03. The molecule has 0 fully saturated rings. The van der Waals surface area contributed by atoms with Crippen molar-refractivity contribution in [3.63, 3.8) is 0 Å². The molecule has 4 nitrogen and oxygen atoms in total. The molecule has 1 atom stereocenters. The van der Waals surface area contributed by atoms with Crippen LogP contribution < -0.4 is 5.32 Å². The van der Waals surface area contributed by atoms with Gasteiger partial charge in [-0.15, -0.1) is 0 Å². The van der Waals surface area contributed by atoms with E-state index in [0.717, 1.165) is 12.1 Å². The number of carboxylic acid groups (broad SMARTS) is 1. The molecule has 0 aromatic heterocycles. The number of carbonyl (C=O) groups is 2. The summed E-state index contributed by atoms with van der Waals surface area (Å²) in [5.74, 6) is -2.34. The molecule has 2 aromatic rings. The zero-order valence-corrected chi connectivity index (χ0v) is 11.5. The van der Waals surface area contributed by atoms with E-state index in [1.54, 1.807) is 12.1 Å². The van der Waals surface area contributed by atoms with Crippen LogP contribution in [0.2, 0.25) is 5.02 Å². The molecule has 0 spiro atoms. The van der Waals surface area contributed by atoms with Crippen molar-refractivity contribution in [1.82, 2.24) is 5.32 Å². The Balaban J connectivity index is 2.25. The maximum absolute atomic E-state index is 12.8. The topological polar surface area (TPSA) is 66.4 Å². The smallest absolute Gasteiger partial charge is 0.330 e. The average molecular weight is 308 g/mol. The minimum absolute atomic E-state index is 0.162. The lowest BCUT2D eigenvalue weighted by atomic mass is 10.1. The lowest BCUT2D eigenvalue weighted by molar-refractivity contribution is -0.139. The number of benzene rings is 2. The number of halogens is 2. The quantitative estimate of drug-likeness (QED) is 0.912. The summed E-state index contributed by atoms with van der Waals surface area (Å²) < 4.78 is 12.8. The Kier molecular flexibility index (Phi) is 4.55. The van der Waals surface area contributed by atoms with Crippen LogP contribution in [0.1, 0.15) is 22.0 Å². The molecule has 0 unspecified atom stereocenters. The Hall–Kier alpha value is -2.40. The van der Waals surface area contributed by atoms with Crippen molar-refractivity contribution in [2.24, 2.45) is 0 Å². The van der Waals surface area contributed by atoms with Gasteiger partial charge in [0.1, 0.15) is 5.82 Å². The SMILES string of the molecule is O=C(N[C@@H](C(=O)O)c1ccccc1Cl)c1ccc(F)cc1. The lowest BCUT2D eigenvalue weighted by Crippen LogP contribution is -2.33. The molecule has 0 aliphatic rings. The zero-order valence-electron chi connectivity index (χ0n) is 10.7. The summed E-state index contributed by atoms with van der Waals surface area (Å²) >= 11 is 5.95. The highest BCUT2D eigenvalue weighted by molar-refractivity contribution is 6.31. The van der Waals surface area contributed by atoms with Gasteiger partial charge in [0.25, 0.3) is 5.91 Å². The van der Waals surface area contributed by atoms with E-state index in [1.807, 2.05) is 0 Å². The van der Waals surface area contributed by atoms with Gasteiger partial charge in [0.15, 0.2) is 6.04 Å². The molecular weight excluding hydrogens is 297 g/mol. The third-order valence-corrected chi connectivity index (χ3v) is 3.19. The summed E-state index contributed by atoms with van der Waals surface area (Å²) in [4.78, 5) is 23.4. The van der Waals surface area contributed by atoms with Crippen LogP contribution in [0.15, 0.2) is 48.5 Å². The molecule has 0 saturated carbocycles. The fourth-order valence-corrected chi connectivity index (χ4v) is 2.04. The zero-order chi connectivity index (χ0) is 15.4. The summed E-state index contributed by atoms with van der Waals surface area (Å²) in [5, 5.41) is 11.9. The van der Waals surface area contributed by atoms with Gasteiger partial charge in [-0.05, 0) is 30.3 Å². The molecule has 0 aliphatic carbocycles. The molecule has 21 heavy (non-hydrogen) atoms. The molecule has 0 aliphatic heterocycles. The van der Waals surface area contributed by atoms with Gasteiger partial charge in [-0.25, -0.2) is 9.18 Å². The predicted molar refractivity (Wildman–Crippen MR) is 75.7 cm³/mol. The van der Waals surface area contributed by atoms with Gasteiger partial charge >= 0.3 is 5.97 Å². The van der Waals surface area contributed by atoms with Crippen LogP contribution in [0.25, 0.3) is 0 Å². The van der Waals surface area contributed by atoms with E-state index in [9.17, 15) is 19.1 Å². The van der Waals surface area contributed by atoms with Crippen LogP contribution in [0, 0.1) is 5.82 Å². The van der Waals surface area contributed by atoms with E-state index < -0.39 is 23.7 Å². The molecule has 2 N–H and O–H groups in total. The second kappa shape index (κ2) is 6.37. The normalized spacial score (nSPS) is 11.7. The molecule has 2 aromatic carbocycles. The molecular formula is C15H11ClFNO3. The van der Waals surface area contributed by atoms with Gasteiger partial charge < -0.3 is 10.4 Å². The average Bonchev–Trinajstić information content (AvgIpc) is 2.46. The molecule has 2 rings (SSSR count). The van der Waals surface area contributed by atoms with Crippen LogP contribution in [0.3, 0.4) is 0 Å². The summed E-state index contributed by atoms with van der Waals surface area (Å²) in [6.45, 7) is 0. The second-order valence-electron chi connectivity index (χ2n) is 4.27. The van der Waals surface area contributed by atoms with E-state index in [0.29, 0.717) is 0 Å². The molecule has 0 saturated heterocycles. The van der Waals surface area contributed by atoms with E-state index in [4.69, 9.17) is 11.6 Å². The maximum Gasteiger partial charge on any atom is 0.330 e. The van der Waals surface area contributed by atoms with Crippen molar-refractivity contribution >= 4 is 23.5 Å². The van der Waals surface area contributed by atoms with Crippen molar-refractivity contribution in [2.75, 3.05) is 0 Å². The third-order valence-electron chi connectivity index (χ3n) is 2.85. The summed E-state index contributed by atoms with van der Waals surface area (Å²) in [6, 6.07) is 9.86. The first-order valence-electron chi connectivity index (χ1n) is 6.02. The Bertz CT molecular complexity index is 673. The Labute approximate surface area is 125 Å². The van der Waals surface area contributed by atoms with Crippen molar-refractivity contribution in [3.05, 3.63) is 70.5 Å². The van der Waals surface area contributed by atoms with Crippen molar-refractivity contribution < 1.29 is 19.1 Å². The minimum Gasteiger partial charge on any atom is -0.479 e. The van der Waals surface area contributed by atoms with Crippen LogP contribution in [-0.4, -0.2) is 17.0 Å². The van der Waals surface area contributed by atoms with Crippen LogP contribution in [-0.2, 0) is 4.79 Å². The molecule has 0 bridgehead atoms. The fraction of sp³-hybridized carbons (Fsp3) is 0.0667. The molecule has 108 valence electrons. The van der Waals surface area contributed by atoms with Gasteiger partial charge in [-0.1, -0.05) is 29.8 Å². The number of hydrogen-bond acceptors (Lipinski definition) is 2. The summed E-state index contributed by atoms with van der Waals surface area (Å²) in [6.07, 6.45) is 0. The first-order valence-corrected chi connectivity index (χ1v) is 6.40. The summed E-state index contributed by atoms with van der Waals surface area (Å²) in [7, 11) is 0. The Morgan fingerprint density at radius 3 is 2.29 bits per heavy atom. The van der Waals surface area contributed by atoms with Gasteiger partial charge in [0.05, 0.1) is 0 Å². The number of rotatable bonds is 4. The number of amides is 1. The lowest BCUT2D eigenvalue weighted by Gasteiger charge is -2.16. The number of hydrogen-bond donors (Lipinski definition) is 2. The molecule has 0 heterocycles. The van der Waals surface area contributed by atoms with Crippen molar-refractivity contribution in [3.8, 4) is 0 Å². The van der Waals surface area contributed by atoms with Crippen LogP contribution in [0.4, 0.5) is 4.39 Å². The minimum atomic E-state index is -1.28. The van der Waals surface area contributed by atoms with Gasteiger partial charge in [-0.2, -0.15) is 0 Å². The van der Waals surface area contributed by atoms with E-state index in [-0.39, 0.29) is 16.1 Å². The van der Waals surface area contributed by atoms with Crippen molar-refractivity contribution in [1.29, 1.82) is 0 Å². The van der Waals surface area contributed by atoms with Gasteiger partial charge in [-0.3, -0.25) is 4.79 Å². The molecule has 1 amide bonds.